The van der Waals surface area contributed by atoms with Crippen LogP contribution in [0, 0.1) is 15.9 Å². The molecule has 0 aromatic heterocycles. The molecule has 0 saturated carbocycles. The van der Waals surface area contributed by atoms with E-state index in [1.165, 1.54) is 24.3 Å². The Morgan fingerprint density at radius 2 is 2.05 bits per heavy atom. The Kier molecular flexibility index (Phi) is 4.64. The van der Waals surface area contributed by atoms with E-state index in [1.807, 2.05) is 0 Å². The summed E-state index contributed by atoms with van der Waals surface area (Å²) in [5.41, 5.74) is 0.582. The van der Waals surface area contributed by atoms with Crippen LogP contribution in [0.5, 0.6) is 0 Å². The molecule has 0 fully saturated rings. The number of rotatable bonds is 5. The highest BCUT2D eigenvalue weighted by Crippen LogP contribution is 2.26. The van der Waals surface area contributed by atoms with Crippen molar-refractivity contribution in [3.8, 4) is 0 Å². The molecule has 0 unspecified atom stereocenters. The number of benzene rings is 2. The lowest BCUT2D eigenvalue weighted by Crippen LogP contribution is -2.04. The highest BCUT2D eigenvalue weighted by molar-refractivity contribution is 9.10. The first kappa shape index (κ1) is 15.1. The molecule has 0 spiro atoms. The third-order valence-corrected chi connectivity index (χ3v) is 3.32. The average Bonchev–Trinajstić information content (AvgIpc) is 2.48. The minimum atomic E-state index is -0.591. The van der Waals surface area contributed by atoms with Gasteiger partial charge in [-0.1, -0.05) is 15.9 Å². The summed E-state index contributed by atoms with van der Waals surface area (Å²) in [5, 5.41) is 13.8. The van der Waals surface area contributed by atoms with Crippen molar-refractivity contribution in [2.45, 2.75) is 6.54 Å². The molecular weight excluding hydrogens is 343 g/mol. The van der Waals surface area contributed by atoms with E-state index in [-0.39, 0.29) is 23.5 Å². The van der Waals surface area contributed by atoms with Crippen LogP contribution in [0.3, 0.4) is 0 Å². The summed E-state index contributed by atoms with van der Waals surface area (Å²) in [6.07, 6.45) is 0.532. The SMILES string of the molecule is O=Cc1ccc(NCc2cc(Br)ccc2F)c([N+](=O)[O-])c1. The fourth-order valence-electron chi connectivity index (χ4n) is 1.79. The van der Waals surface area contributed by atoms with E-state index in [2.05, 4.69) is 21.2 Å². The van der Waals surface area contributed by atoms with Crippen LogP contribution in [-0.2, 0) is 6.54 Å². The number of hydrogen-bond donors (Lipinski definition) is 1. The highest BCUT2D eigenvalue weighted by Gasteiger charge is 2.15. The number of nitrogens with one attached hydrogen (secondary N) is 1. The van der Waals surface area contributed by atoms with Crippen molar-refractivity contribution < 1.29 is 14.1 Å². The lowest BCUT2D eigenvalue weighted by molar-refractivity contribution is -0.384. The van der Waals surface area contributed by atoms with Gasteiger partial charge in [0.2, 0.25) is 0 Å². The number of halogens is 2. The maximum Gasteiger partial charge on any atom is 0.293 e. The summed E-state index contributed by atoms with van der Waals surface area (Å²) >= 11 is 3.24. The van der Waals surface area contributed by atoms with Crippen molar-refractivity contribution in [3.63, 3.8) is 0 Å². The Morgan fingerprint density at radius 3 is 2.71 bits per heavy atom. The second kappa shape index (κ2) is 6.45. The van der Waals surface area contributed by atoms with Crippen LogP contribution in [0.4, 0.5) is 15.8 Å². The first-order valence-electron chi connectivity index (χ1n) is 5.92. The average molecular weight is 353 g/mol. The third kappa shape index (κ3) is 3.63. The molecule has 0 saturated heterocycles. The van der Waals surface area contributed by atoms with Gasteiger partial charge in [0.15, 0.2) is 0 Å². The van der Waals surface area contributed by atoms with Crippen LogP contribution in [-0.4, -0.2) is 11.2 Å². The molecule has 21 heavy (non-hydrogen) atoms. The molecule has 0 radical (unpaired) electrons. The van der Waals surface area contributed by atoms with Gasteiger partial charge in [-0.15, -0.1) is 0 Å². The number of anilines is 1. The van der Waals surface area contributed by atoms with Gasteiger partial charge in [-0.05, 0) is 30.3 Å². The molecule has 2 rings (SSSR count). The number of aldehydes is 1. The predicted molar refractivity (Wildman–Crippen MR) is 79.9 cm³/mol. The second-order valence-corrected chi connectivity index (χ2v) is 5.16. The zero-order valence-electron chi connectivity index (χ0n) is 10.7. The van der Waals surface area contributed by atoms with Crippen LogP contribution in [0.25, 0.3) is 0 Å². The van der Waals surface area contributed by atoms with Crippen molar-refractivity contribution in [2.24, 2.45) is 0 Å². The van der Waals surface area contributed by atoms with Crippen molar-refractivity contribution in [3.05, 3.63) is 67.9 Å². The van der Waals surface area contributed by atoms with E-state index in [4.69, 9.17) is 0 Å². The van der Waals surface area contributed by atoms with Gasteiger partial charge in [0, 0.05) is 28.2 Å². The third-order valence-electron chi connectivity index (χ3n) is 2.83. The topological polar surface area (TPSA) is 72.2 Å². The van der Waals surface area contributed by atoms with E-state index in [0.717, 1.165) is 0 Å². The molecule has 2 aromatic carbocycles. The molecule has 1 N–H and O–H groups in total. The maximum absolute atomic E-state index is 13.6. The van der Waals surface area contributed by atoms with Gasteiger partial charge in [-0.25, -0.2) is 4.39 Å². The minimum absolute atomic E-state index is 0.0898. The molecule has 0 amide bonds. The fourth-order valence-corrected chi connectivity index (χ4v) is 2.20. The van der Waals surface area contributed by atoms with Crippen LogP contribution < -0.4 is 5.32 Å². The molecular formula is C14H10BrFN2O3. The molecule has 0 aliphatic heterocycles. The van der Waals surface area contributed by atoms with Crippen molar-refractivity contribution in [1.29, 1.82) is 0 Å². The minimum Gasteiger partial charge on any atom is -0.375 e. The molecule has 0 aliphatic carbocycles. The maximum atomic E-state index is 13.6. The predicted octanol–water partition coefficient (Wildman–Crippen LogP) is 3.92. The van der Waals surface area contributed by atoms with Gasteiger partial charge in [-0.3, -0.25) is 14.9 Å². The van der Waals surface area contributed by atoms with Crippen LogP contribution in [0.15, 0.2) is 40.9 Å². The summed E-state index contributed by atoms with van der Waals surface area (Å²) in [6.45, 7) is 0.0898. The number of nitro groups is 1. The summed E-state index contributed by atoms with van der Waals surface area (Å²) < 4.78 is 14.3. The monoisotopic (exact) mass is 352 g/mol. The Morgan fingerprint density at radius 1 is 1.29 bits per heavy atom. The van der Waals surface area contributed by atoms with Crippen molar-refractivity contribution in [2.75, 3.05) is 5.32 Å². The Labute approximate surface area is 128 Å². The quantitative estimate of drug-likeness (QED) is 0.502. The summed E-state index contributed by atoms with van der Waals surface area (Å²) in [5.74, 6) is -0.405. The first-order chi connectivity index (χ1) is 10.0. The number of nitrogens with zero attached hydrogens (tertiary/aromatic N) is 1. The zero-order valence-corrected chi connectivity index (χ0v) is 12.3. The summed E-state index contributed by atoms with van der Waals surface area (Å²) in [4.78, 5) is 21.1. The summed E-state index contributed by atoms with van der Waals surface area (Å²) in [7, 11) is 0. The van der Waals surface area contributed by atoms with Gasteiger partial charge < -0.3 is 5.32 Å². The number of nitro benzene ring substituents is 1. The van der Waals surface area contributed by atoms with Crippen LogP contribution in [0.2, 0.25) is 0 Å². The van der Waals surface area contributed by atoms with Gasteiger partial charge in [0.25, 0.3) is 5.69 Å². The van der Waals surface area contributed by atoms with Crippen molar-refractivity contribution >= 4 is 33.6 Å². The molecule has 2 aromatic rings. The number of carbonyl (C=O) groups is 1. The van der Waals surface area contributed by atoms with Crippen LogP contribution >= 0.6 is 15.9 Å². The van der Waals surface area contributed by atoms with E-state index in [1.54, 1.807) is 12.1 Å². The normalized spacial score (nSPS) is 10.2. The molecule has 5 nitrogen and oxygen atoms in total. The highest BCUT2D eigenvalue weighted by atomic mass is 79.9. The zero-order chi connectivity index (χ0) is 15.4. The van der Waals surface area contributed by atoms with Gasteiger partial charge in [-0.2, -0.15) is 0 Å². The van der Waals surface area contributed by atoms with E-state index in [0.29, 0.717) is 16.3 Å². The van der Waals surface area contributed by atoms with E-state index >= 15 is 0 Å². The molecule has 0 aliphatic rings. The lowest BCUT2D eigenvalue weighted by atomic mass is 10.1. The van der Waals surface area contributed by atoms with Crippen molar-refractivity contribution in [1.82, 2.24) is 0 Å². The van der Waals surface area contributed by atoms with E-state index in [9.17, 15) is 19.3 Å². The molecule has 0 atom stereocenters. The number of hydrogen-bond acceptors (Lipinski definition) is 4. The van der Waals surface area contributed by atoms with Gasteiger partial charge in [0.1, 0.15) is 17.8 Å². The van der Waals surface area contributed by atoms with Gasteiger partial charge in [0.05, 0.1) is 4.92 Å². The Balaban J connectivity index is 2.25. The molecule has 0 heterocycles. The summed E-state index contributed by atoms with van der Waals surface area (Å²) in [6, 6.07) is 8.53. The number of carbonyl (C=O) groups excluding carboxylic acids is 1. The smallest absolute Gasteiger partial charge is 0.293 e. The molecule has 0 bridgehead atoms. The lowest BCUT2D eigenvalue weighted by Gasteiger charge is -2.09. The molecule has 108 valence electrons. The fraction of sp³-hybridized carbons (Fsp3) is 0.0714. The Hall–Kier alpha value is -2.28. The second-order valence-electron chi connectivity index (χ2n) is 4.24. The Bertz CT molecular complexity index is 707. The van der Waals surface area contributed by atoms with Crippen LogP contribution in [0.1, 0.15) is 15.9 Å². The largest absolute Gasteiger partial charge is 0.375 e. The van der Waals surface area contributed by atoms with E-state index < -0.39 is 10.7 Å². The molecule has 7 heteroatoms. The van der Waals surface area contributed by atoms with Gasteiger partial charge >= 0.3 is 0 Å². The standard InChI is InChI=1S/C14H10BrFN2O3/c15-11-2-3-12(16)10(6-11)7-17-13-4-1-9(8-19)5-14(13)18(20)21/h1-6,8,17H,7H2. The first-order valence-corrected chi connectivity index (χ1v) is 6.72.